The van der Waals surface area contributed by atoms with Gasteiger partial charge in [0.1, 0.15) is 0 Å². The van der Waals surface area contributed by atoms with E-state index < -0.39 is 9.84 Å². The summed E-state index contributed by atoms with van der Waals surface area (Å²) in [5.74, 6) is 1.03. The molecule has 0 aromatic heterocycles. The average molecular weight is 253 g/mol. The number of hydrogen-bond acceptors (Lipinski definition) is 3. The third-order valence-corrected chi connectivity index (χ3v) is 5.14. The quantitative estimate of drug-likeness (QED) is 0.876. The monoisotopic (exact) mass is 253 g/mol. The lowest BCUT2D eigenvalue weighted by Crippen LogP contribution is -2.07. The lowest BCUT2D eigenvalue weighted by Gasteiger charge is -2.08. The summed E-state index contributed by atoms with van der Waals surface area (Å²) in [6.07, 6.45) is 2.59. The number of hydrogen-bond donors (Lipinski definition) is 1. The molecule has 1 unspecified atom stereocenters. The van der Waals surface area contributed by atoms with E-state index in [-0.39, 0.29) is 0 Å². The molecule has 0 spiro atoms. The van der Waals surface area contributed by atoms with Crippen molar-refractivity contribution in [1.29, 1.82) is 0 Å². The lowest BCUT2D eigenvalue weighted by molar-refractivity contribution is 0.583. The van der Waals surface area contributed by atoms with Gasteiger partial charge < -0.3 is 5.73 Å². The summed E-state index contributed by atoms with van der Waals surface area (Å²) in [6, 6.07) is 8.36. The van der Waals surface area contributed by atoms with Gasteiger partial charge in [-0.3, -0.25) is 0 Å². The maximum Gasteiger partial charge on any atom is 0.150 e. The fraction of sp³-hybridized carbons (Fsp3) is 0.538. The van der Waals surface area contributed by atoms with Crippen LogP contribution in [-0.2, 0) is 22.7 Å². The van der Waals surface area contributed by atoms with Crippen LogP contribution in [0.15, 0.2) is 24.3 Å². The third-order valence-electron chi connectivity index (χ3n) is 3.31. The molecule has 4 heteroatoms. The minimum atomic E-state index is -2.75. The molecule has 0 aliphatic carbocycles. The SMILES string of the molecule is NCCc1ccc(CC2CCS(=O)(=O)C2)cc1. The van der Waals surface area contributed by atoms with Gasteiger partial charge in [-0.1, -0.05) is 24.3 Å². The minimum absolute atomic E-state index is 0.306. The standard InChI is InChI=1S/C13H19NO2S/c14-7-5-11-1-3-12(4-2-11)9-13-6-8-17(15,16)10-13/h1-4,13H,5-10,14H2. The highest BCUT2D eigenvalue weighted by molar-refractivity contribution is 7.91. The normalized spacial score (nSPS) is 22.8. The Balaban J connectivity index is 1.95. The summed E-state index contributed by atoms with van der Waals surface area (Å²) in [6.45, 7) is 0.667. The maximum atomic E-state index is 11.4. The second kappa shape index (κ2) is 5.19. The van der Waals surface area contributed by atoms with Crippen LogP contribution in [-0.4, -0.2) is 26.5 Å². The molecule has 0 amide bonds. The van der Waals surface area contributed by atoms with Crippen molar-refractivity contribution in [3.05, 3.63) is 35.4 Å². The first-order valence-electron chi connectivity index (χ1n) is 6.07. The van der Waals surface area contributed by atoms with Crippen LogP contribution in [0.5, 0.6) is 0 Å². The summed E-state index contributed by atoms with van der Waals surface area (Å²) in [7, 11) is -2.75. The van der Waals surface area contributed by atoms with Crippen molar-refractivity contribution >= 4 is 9.84 Å². The molecule has 2 rings (SSSR count). The Morgan fingerprint density at radius 2 is 1.82 bits per heavy atom. The molecule has 1 heterocycles. The second-order valence-electron chi connectivity index (χ2n) is 4.83. The van der Waals surface area contributed by atoms with Crippen molar-refractivity contribution in [1.82, 2.24) is 0 Å². The van der Waals surface area contributed by atoms with Gasteiger partial charge in [0.15, 0.2) is 9.84 Å². The summed E-state index contributed by atoms with van der Waals surface area (Å²) in [4.78, 5) is 0. The Hall–Kier alpha value is -0.870. The molecule has 1 aliphatic rings. The van der Waals surface area contributed by atoms with Crippen LogP contribution in [0.2, 0.25) is 0 Å². The molecule has 0 bridgehead atoms. The lowest BCUT2D eigenvalue weighted by atomic mass is 9.98. The van der Waals surface area contributed by atoms with Crippen molar-refractivity contribution in [2.45, 2.75) is 19.3 Å². The van der Waals surface area contributed by atoms with E-state index in [0.717, 1.165) is 19.3 Å². The Bertz CT molecular complexity index is 465. The largest absolute Gasteiger partial charge is 0.330 e. The van der Waals surface area contributed by atoms with Gasteiger partial charge in [-0.05, 0) is 42.9 Å². The van der Waals surface area contributed by atoms with Gasteiger partial charge >= 0.3 is 0 Å². The van der Waals surface area contributed by atoms with Gasteiger partial charge in [0.05, 0.1) is 11.5 Å². The summed E-state index contributed by atoms with van der Waals surface area (Å²) in [5, 5.41) is 0. The molecule has 1 saturated heterocycles. The zero-order valence-electron chi connectivity index (χ0n) is 9.93. The highest BCUT2D eigenvalue weighted by atomic mass is 32.2. The summed E-state index contributed by atoms with van der Waals surface area (Å²) in [5.41, 5.74) is 7.97. The zero-order chi connectivity index (χ0) is 12.3. The fourth-order valence-corrected chi connectivity index (χ4v) is 4.24. The Labute approximate surface area is 103 Å². The number of benzene rings is 1. The van der Waals surface area contributed by atoms with E-state index in [0.29, 0.717) is 24.0 Å². The summed E-state index contributed by atoms with van der Waals surface area (Å²) >= 11 is 0. The first kappa shape index (κ1) is 12.6. The van der Waals surface area contributed by atoms with Crippen molar-refractivity contribution in [2.24, 2.45) is 11.7 Å². The van der Waals surface area contributed by atoms with Crippen molar-refractivity contribution in [3.63, 3.8) is 0 Å². The van der Waals surface area contributed by atoms with Crippen molar-refractivity contribution < 1.29 is 8.42 Å². The average Bonchev–Trinajstić information content (AvgIpc) is 2.61. The van der Waals surface area contributed by atoms with E-state index >= 15 is 0 Å². The van der Waals surface area contributed by atoms with E-state index in [1.807, 2.05) is 0 Å². The maximum absolute atomic E-state index is 11.4. The first-order chi connectivity index (χ1) is 8.09. The minimum Gasteiger partial charge on any atom is -0.330 e. The van der Waals surface area contributed by atoms with Crippen LogP contribution >= 0.6 is 0 Å². The molecule has 3 nitrogen and oxygen atoms in total. The highest BCUT2D eigenvalue weighted by Crippen LogP contribution is 2.22. The third kappa shape index (κ3) is 3.54. The smallest absolute Gasteiger partial charge is 0.150 e. The van der Waals surface area contributed by atoms with Gasteiger partial charge in [-0.25, -0.2) is 8.42 Å². The molecule has 1 fully saturated rings. The molecule has 1 aromatic carbocycles. The van der Waals surface area contributed by atoms with Crippen LogP contribution in [0.4, 0.5) is 0 Å². The van der Waals surface area contributed by atoms with Gasteiger partial charge in [-0.15, -0.1) is 0 Å². The predicted octanol–water partition coefficient (Wildman–Crippen LogP) is 1.16. The van der Waals surface area contributed by atoms with Crippen LogP contribution in [0, 0.1) is 5.92 Å². The summed E-state index contributed by atoms with van der Waals surface area (Å²) < 4.78 is 22.7. The molecule has 0 saturated carbocycles. The Kier molecular flexibility index (Phi) is 3.84. The first-order valence-corrected chi connectivity index (χ1v) is 7.89. The topological polar surface area (TPSA) is 60.2 Å². The molecular weight excluding hydrogens is 234 g/mol. The molecule has 0 radical (unpaired) electrons. The van der Waals surface area contributed by atoms with E-state index in [1.165, 1.54) is 11.1 Å². The van der Waals surface area contributed by atoms with Crippen LogP contribution in [0.25, 0.3) is 0 Å². The van der Waals surface area contributed by atoms with Gasteiger partial charge in [0.2, 0.25) is 0 Å². The molecular formula is C13H19NO2S. The van der Waals surface area contributed by atoms with E-state index in [1.54, 1.807) is 0 Å². The van der Waals surface area contributed by atoms with Gasteiger partial charge in [0.25, 0.3) is 0 Å². The van der Waals surface area contributed by atoms with Gasteiger partial charge in [-0.2, -0.15) is 0 Å². The van der Waals surface area contributed by atoms with Crippen molar-refractivity contribution in [2.75, 3.05) is 18.1 Å². The number of rotatable bonds is 4. The molecule has 1 atom stereocenters. The Morgan fingerprint density at radius 1 is 1.18 bits per heavy atom. The van der Waals surface area contributed by atoms with Gasteiger partial charge in [0, 0.05) is 0 Å². The van der Waals surface area contributed by atoms with Crippen LogP contribution in [0.1, 0.15) is 17.5 Å². The predicted molar refractivity (Wildman–Crippen MR) is 69.7 cm³/mol. The number of nitrogens with two attached hydrogens (primary N) is 1. The number of sulfone groups is 1. The molecule has 2 N–H and O–H groups in total. The van der Waals surface area contributed by atoms with E-state index in [9.17, 15) is 8.42 Å². The zero-order valence-corrected chi connectivity index (χ0v) is 10.7. The van der Waals surface area contributed by atoms with E-state index in [4.69, 9.17) is 5.73 Å². The van der Waals surface area contributed by atoms with Crippen LogP contribution in [0.3, 0.4) is 0 Å². The second-order valence-corrected chi connectivity index (χ2v) is 7.06. The molecule has 1 aliphatic heterocycles. The molecule has 94 valence electrons. The fourth-order valence-electron chi connectivity index (χ4n) is 2.38. The Morgan fingerprint density at radius 3 is 2.35 bits per heavy atom. The molecule has 1 aromatic rings. The van der Waals surface area contributed by atoms with Crippen molar-refractivity contribution in [3.8, 4) is 0 Å². The highest BCUT2D eigenvalue weighted by Gasteiger charge is 2.27. The van der Waals surface area contributed by atoms with Crippen LogP contribution < -0.4 is 5.73 Å². The molecule has 17 heavy (non-hydrogen) atoms. The van der Waals surface area contributed by atoms with E-state index in [2.05, 4.69) is 24.3 Å².